The second-order valence-electron chi connectivity index (χ2n) is 5.15. The molecular weight excluding hydrogens is 232 g/mol. The van der Waals surface area contributed by atoms with Crippen LogP contribution in [0.5, 0.6) is 5.75 Å². The Morgan fingerprint density at radius 2 is 1.68 bits per heavy atom. The summed E-state index contributed by atoms with van der Waals surface area (Å²) < 4.78 is 5.34. The number of methoxy groups -OCH3 is 1. The first-order valence-corrected chi connectivity index (χ1v) is 6.46. The van der Waals surface area contributed by atoms with Crippen molar-refractivity contribution in [3.8, 4) is 5.75 Å². The highest BCUT2D eigenvalue weighted by molar-refractivity contribution is 5.58. The van der Waals surface area contributed by atoms with Crippen LogP contribution in [0.2, 0.25) is 0 Å². The van der Waals surface area contributed by atoms with Gasteiger partial charge in [0.1, 0.15) is 5.75 Å². The molecule has 0 amide bonds. The van der Waals surface area contributed by atoms with Crippen molar-refractivity contribution in [3.63, 3.8) is 0 Å². The molecule has 0 unspecified atom stereocenters. The molecule has 98 valence electrons. The first kappa shape index (κ1) is 13.4. The van der Waals surface area contributed by atoms with Gasteiger partial charge >= 0.3 is 0 Å². The Kier molecular flexibility index (Phi) is 3.75. The van der Waals surface area contributed by atoms with Crippen LogP contribution < -0.4 is 4.74 Å². The minimum absolute atomic E-state index is 0.0364. The highest BCUT2D eigenvalue weighted by Gasteiger charge is 2.23. The number of hydrogen-bond donors (Lipinski definition) is 0. The molecular formula is C18H20O. The standard InChI is InChI=1S/C18H20O/c1-5-14-13-16(11-12-17(14)19-4)18(2,3)15-9-7-6-8-10-15/h5-13H,1H2,2-4H3. The molecule has 0 aromatic heterocycles. The van der Waals surface area contributed by atoms with Gasteiger partial charge in [0.05, 0.1) is 7.11 Å². The topological polar surface area (TPSA) is 9.23 Å². The fraction of sp³-hybridized carbons (Fsp3) is 0.222. The Labute approximate surface area is 115 Å². The Bertz CT molecular complexity index is 567. The zero-order chi connectivity index (χ0) is 13.9. The van der Waals surface area contributed by atoms with E-state index in [9.17, 15) is 0 Å². The van der Waals surface area contributed by atoms with Crippen molar-refractivity contribution in [3.05, 3.63) is 71.8 Å². The molecule has 0 aliphatic carbocycles. The van der Waals surface area contributed by atoms with E-state index in [2.05, 4.69) is 56.8 Å². The summed E-state index contributed by atoms with van der Waals surface area (Å²) >= 11 is 0. The maximum absolute atomic E-state index is 5.34. The van der Waals surface area contributed by atoms with Gasteiger partial charge in [-0.2, -0.15) is 0 Å². The van der Waals surface area contributed by atoms with E-state index in [1.165, 1.54) is 11.1 Å². The van der Waals surface area contributed by atoms with E-state index in [0.29, 0.717) is 0 Å². The maximum atomic E-state index is 5.34. The zero-order valence-corrected chi connectivity index (χ0v) is 11.8. The lowest BCUT2D eigenvalue weighted by atomic mass is 9.77. The monoisotopic (exact) mass is 252 g/mol. The second-order valence-corrected chi connectivity index (χ2v) is 5.15. The molecule has 0 fully saturated rings. The highest BCUT2D eigenvalue weighted by Crippen LogP contribution is 2.34. The van der Waals surface area contributed by atoms with Gasteiger partial charge in [0, 0.05) is 11.0 Å². The largest absolute Gasteiger partial charge is 0.496 e. The average Bonchev–Trinajstić information content (AvgIpc) is 2.47. The summed E-state index contributed by atoms with van der Waals surface area (Å²) in [5.41, 5.74) is 3.55. The van der Waals surface area contributed by atoms with Gasteiger partial charge in [0.2, 0.25) is 0 Å². The summed E-state index contributed by atoms with van der Waals surface area (Å²) in [5, 5.41) is 0. The summed E-state index contributed by atoms with van der Waals surface area (Å²) in [6.07, 6.45) is 1.84. The molecule has 2 aromatic carbocycles. The van der Waals surface area contributed by atoms with Gasteiger partial charge in [-0.1, -0.05) is 62.9 Å². The molecule has 0 saturated heterocycles. The van der Waals surface area contributed by atoms with Gasteiger partial charge in [0.15, 0.2) is 0 Å². The van der Waals surface area contributed by atoms with Crippen molar-refractivity contribution >= 4 is 6.08 Å². The van der Waals surface area contributed by atoms with Crippen molar-refractivity contribution in [1.29, 1.82) is 0 Å². The Hall–Kier alpha value is -2.02. The van der Waals surface area contributed by atoms with E-state index >= 15 is 0 Å². The summed E-state index contributed by atoms with van der Waals surface area (Å²) in [6.45, 7) is 8.32. The Morgan fingerprint density at radius 1 is 1.00 bits per heavy atom. The summed E-state index contributed by atoms with van der Waals surface area (Å²) in [4.78, 5) is 0. The molecule has 0 bridgehead atoms. The first-order chi connectivity index (χ1) is 9.09. The van der Waals surface area contributed by atoms with Crippen LogP contribution in [0.4, 0.5) is 0 Å². The van der Waals surface area contributed by atoms with Crippen LogP contribution in [0, 0.1) is 0 Å². The van der Waals surface area contributed by atoms with Crippen molar-refractivity contribution in [2.24, 2.45) is 0 Å². The molecule has 1 nitrogen and oxygen atoms in total. The number of hydrogen-bond acceptors (Lipinski definition) is 1. The molecule has 1 heteroatoms. The molecule has 0 atom stereocenters. The molecule has 0 aliphatic heterocycles. The highest BCUT2D eigenvalue weighted by atomic mass is 16.5. The summed E-state index contributed by atoms with van der Waals surface area (Å²) in [5.74, 6) is 0.864. The van der Waals surface area contributed by atoms with Crippen molar-refractivity contribution in [2.45, 2.75) is 19.3 Å². The molecule has 2 rings (SSSR count). The Morgan fingerprint density at radius 3 is 2.26 bits per heavy atom. The van der Waals surface area contributed by atoms with E-state index in [1.54, 1.807) is 7.11 Å². The molecule has 2 aromatic rings. The van der Waals surface area contributed by atoms with Crippen molar-refractivity contribution in [1.82, 2.24) is 0 Å². The molecule has 0 saturated carbocycles. The third-order valence-corrected chi connectivity index (χ3v) is 3.67. The molecule has 0 heterocycles. The minimum Gasteiger partial charge on any atom is -0.496 e. The number of benzene rings is 2. The molecule has 0 aliphatic rings. The predicted octanol–water partition coefficient (Wildman–Crippen LogP) is 4.66. The normalized spacial score (nSPS) is 11.1. The predicted molar refractivity (Wildman–Crippen MR) is 81.7 cm³/mol. The van der Waals surface area contributed by atoms with Crippen LogP contribution in [0.15, 0.2) is 55.1 Å². The van der Waals surface area contributed by atoms with E-state index in [4.69, 9.17) is 4.74 Å². The van der Waals surface area contributed by atoms with Crippen LogP contribution in [0.3, 0.4) is 0 Å². The van der Waals surface area contributed by atoms with Crippen LogP contribution in [-0.4, -0.2) is 7.11 Å². The number of ether oxygens (including phenoxy) is 1. The van der Waals surface area contributed by atoms with E-state index in [0.717, 1.165) is 11.3 Å². The third kappa shape index (κ3) is 2.55. The molecule has 0 radical (unpaired) electrons. The molecule has 19 heavy (non-hydrogen) atoms. The van der Waals surface area contributed by atoms with Gasteiger partial charge in [-0.05, 0) is 23.3 Å². The zero-order valence-electron chi connectivity index (χ0n) is 11.8. The van der Waals surface area contributed by atoms with Crippen LogP contribution in [0.1, 0.15) is 30.5 Å². The lowest BCUT2D eigenvalue weighted by Gasteiger charge is -2.27. The smallest absolute Gasteiger partial charge is 0.126 e. The lowest BCUT2D eigenvalue weighted by molar-refractivity contribution is 0.413. The average molecular weight is 252 g/mol. The van der Waals surface area contributed by atoms with Crippen LogP contribution >= 0.6 is 0 Å². The third-order valence-electron chi connectivity index (χ3n) is 3.67. The Balaban J connectivity index is 2.49. The van der Waals surface area contributed by atoms with Gasteiger partial charge in [-0.25, -0.2) is 0 Å². The number of rotatable bonds is 4. The fourth-order valence-corrected chi connectivity index (χ4v) is 2.30. The fourth-order valence-electron chi connectivity index (χ4n) is 2.30. The van der Waals surface area contributed by atoms with E-state index < -0.39 is 0 Å². The first-order valence-electron chi connectivity index (χ1n) is 6.46. The van der Waals surface area contributed by atoms with E-state index in [-0.39, 0.29) is 5.41 Å². The second kappa shape index (κ2) is 5.31. The van der Waals surface area contributed by atoms with Gasteiger partial charge in [0.25, 0.3) is 0 Å². The molecule has 0 N–H and O–H groups in total. The quantitative estimate of drug-likeness (QED) is 0.768. The SMILES string of the molecule is C=Cc1cc(C(C)(C)c2ccccc2)ccc1OC. The van der Waals surface area contributed by atoms with Gasteiger partial charge in [-0.15, -0.1) is 0 Å². The molecule has 0 spiro atoms. The van der Waals surface area contributed by atoms with E-state index in [1.807, 2.05) is 18.2 Å². The van der Waals surface area contributed by atoms with Crippen LogP contribution in [0.25, 0.3) is 6.08 Å². The summed E-state index contributed by atoms with van der Waals surface area (Å²) in [6, 6.07) is 16.8. The lowest BCUT2D eigenvalue weighted by Crippen LogP contribution is -2.18. The maximum Gasteiger partial charge on any atom is 0.126 e. The summed E-state index contributed by atoms with van der Waals surface area (Å²) in [7, 11) is 1.68. The van der Waals surface area contributed by atoms with Crippen molar-refractivity contribution < 1.29 is 4.74 Å². The van der Waals surface area contributed by atoms with Gasteiger partial charge < -0.3 is 4.74 Å². The van der Waals surface area contributed by atoms with Crippen LogP contribution in [-0.2, 0) is 5.41 Å². The van der Waals surface area contributed by atoms with Gasteiger partial charge in [-0.3, -0.25) is 0 Å². The van der Waals surface area contributed by atoms with Crippen molar-refractivity contribution in [2.75, 3.05) is 7.11 Å². The minimum atomic E-state index is -0.0364.